The minimum absolute atomic E-state index is 0.905. The van der Waals surface area contributed by atoms with Gasteiger partial charge in [-0.25, -0.2) is 0 Å². The van der Waals surface area contributed by atoms with Crippen molar-refractivity contribution in [3.8, 4) is 22.3 Å². The number of hydrogen-bond donors (Lipinski definition) is 0. The lowest BCUT2D eigenvalue weighted by atomic mass is 9.87. The minimum Gasteiger partial charge on any atom is -0.319 e. The van der Waals surface area contributed by atoms with Crippen molar-refractivity contribution in [1.29, 1.82) is 0 Å². The molecule has 0 aliphatic rings. The molecule has 0 amide bonds. The Kier molecular flexibility index (Phi) is 6.05. The van der Waals surface area contributed by atoms with Crippen LogP contribution in [0.2, 0.25) is 0 Å². The standard InChI is InChI=1S/C36H31OP/c1-5-12-25-19-26-13-6-9-16-32(26)35(24(25)2)29-21-30(23-31(22-29)38(3,4)37)36-33-17-10-7-14-27(33)20-28-15-8-11-18-34(28)36/h5-23H,1-4H3/b12-5-. The third kappa shape index (κ3) is 4.18. The fraction of sp³-hybridized carbons (Fsp3) is 0.111. The molecule has 0 heterocycles. The van der Waals surface area contributed by atoms with E-state index in [-0.39, 0.29) is 0 Å². The molecule has 0 aliphatic heterocycles. The lowest BCUT2D eigenvalue weighted by Crippen LogP contribution is -2.05. The lowest BCUT2D eigenvalue weighted by Gasteiger charge is -2.19. The number of fused-ring (bicyclic) bond motifs is 3. The van der Waals surface area contributed by atoms with Crippen molar-refractivity contribution in [2.75, 3.05) is 13.3 Å². The fourth-order valence-electron chi connectivity index (χ4n) is 5.73. The summed E-state index contributed by atoms with van der Waals surface area (Å²) in [5.74, 6) is 0. The zero-order valence-corrected chi connectivity index (χ0v) is 23.2. The van der Waals surface area contributed by atoms with Gasteiger partial charge >= 0.3 is 0 Å². The Hall–Kier alpha value is -3.93. The molecule has 0 aliphatic carbocycles. The summed E-state index contributed by atoms with van der Waals surface area (Å²) in [6.07, 6.45) is 4.27. The predicted molar refractivity (Wildman–Crippen MR) is 168 cm³/mol. The van der Waals surface area contributed by atoms with Crippen molar-refractivity contribution in [3.05, 3.63) is 120 Å². The van der Waals surface area contributed by atoms with Crippen LogP contribution in [0.1, 0.15) is 18.1 Å². The molecule has 0 spiro atoms. The van der Waals surface area contributed by atoms with Crippen LogP contribution in [-0.4, -0.2) is 13.3 Å². The van der Waals surface area contributed by atoms with E-state index in [1.54, 1.807) is 0 Å². The summed E-state index contributed by atoms with van der Waals surface area (Å²) >= 11 is 0. The molecule has 2 heteroatoms. The molecular weight excluding hydrogens is 479 g/mol. The normalized spacial score (nSPS) is 12.2. The first kappa shape index (κ1) is 24.4. The summed E-state index contributed by atoms with van der Waals surface area (Å²) in [6.45, 7) is 8.01. The highest BCUT2D eigenvalue weighted by Gasteiger charge is 2.19. The van der Waals surface area contributed by atoms with Gasteiger partial charge in [-0.1, -0.05) is 84.9 Å². The molecule has 0 unspecified atom stereocenters. The Morgan fingerprint density at radius 2 is 1.08 bits per heavy atom. The molecule has 0 saturated heterocycles. The molecule has 6 aromatic carbocycles. The van der Waals surface area contributed by atoms with Gasteiger partial charge in [-0.3, -0.25) is 0 Å². The van der Waals surface area contributed by atoms with Crippen LogP contribution in [0.3, 0.4) is 0 Å². The average Bonchev–Trinajstić information content (AvgIpc) is 2.91. The highest BCUT2D eigenvalue weighted by molar-refractivity contribution is 7.70. The van der Waals surface area contributed by atoms with Gasteiger partial charge in [-0.2, -0.15) is 0 Å². The van der Waals surface area contributed by atoms with Crippen molar-refractivity contribution < 1.29 is 4.57 Å². The van der Waals surface area contributed by atoms with Gasteiger partial charge in [0.15, 0.2) is 0 Å². The van der Waals surface area contributed by atoms with Gasteiger partial charge in [0.25, 0.3) is 0 Å². The molecule has 0 bridgehead atoms. The molecule has 186 valence electrons. The summed E-state index contributed by atoms with van der Waals surface area (Å²) in [7, 11) is -2.55. The number of benzene rings is 6. The van der Waals surface area contributed by atoms with Gasteiger partial charge in [0.05, 0.1) is 0 Å². The number of rotatable bonds is 4. The number of allylic oxidation sites excluding steroid dienone is 1. The zero-order valence-electron chi connectivity index (χ0n) is 22.3. The molecule has 6 rings (SSSR count). The van der Waals surface area contributed by atoms with E-state index in [9.17, 15) is 4.57 Å². The van der Waals surface area contributed by atoms with Crippen LogP contribution in [0.15, 0.2) is 109 Å². The van der Waals surface area contributed by atoms with E-state index >= 15 is 0 Å². The van der Waals surface area contributed by atoms with Crippen LogP contribution >= 0.6 is 7.14 Å². The SMILES string of the molecule is C/C=C\c1cc2ccccc2c(-c2cc(-c3c4ccccc4cc4ccccc34)cc(P(C)(C)=O)c2)c1C. The molecule has 0 radical (unpaired) electrons. The first-order valence-electron chi connectivity index (χ1n) is 13.1. The fourth-order valence-corrected chi connectivity index (χ4v) is 6.63. The van der Waals surface area contributed by atoms with E-state index in [2.05, 4.69) is 129 Å². The van der Waals surface area contributed by atoms with Crippen LogP contribution in [0.5, 0.6) is 0 Å². The molecular formula is C36H31OP. The summed E-state index contributed by atoms with van der Waals surface area (Å²) in [5.41, 5.74) is 7.06. The van der Waals surface area contributed by atoms with Gasteiger partial charge in [0.2, 0.25) is 0 Å². The maximum absolute atomic E-state index is 13.6. The second kappa shape index (κ2) is 9.43. The highest BCUT2D eigenvalue weighted by Crippen LogP contribution is 2.43. The zero-order chi connectivity index (χ0) is 26.4. The Morgan fingerprint density at radius 1 is 0.605 bits per heavy atom. The quantitative estimate of drug-likeness (QED) is 0.170. The first-order valence-corrected chi connectivity index (χ1v) is 15.7. The maximum Gasteiger partial charge on any atom is 0.109 e. The minimum atomic E-state index is -2.55. The monoisotopic (exact) mass is 510 g/mol. The van der Waals surface area contributed by atoms with Gasteiger partial charge in [0.1, 0.15) is 7.14 Å². The lowest BCUT2D eigenvalue weighted by molar-refractivity contribution is 0.588. The topological polar surface area (TPSA) is 17.1 Å². The van der Waals surface area contributed by atoms with E-state index in [1.165, 1.54) is 54.6 Å². The number of hydrogen-bond acceptors (Lipinski definition) is 1. The second-order valence-corrected chi connectivity index (χ2v) is 13.7. The van der Waals surface area contributed by atoms with Crippen LogP contribution in [0.4, 0.5) is 0 Å². The van der Waals surface area contributed by atoms with E-state index in [0.29, 0.717) is 0 Å². The van der Waals surface area contributed by atoms with Crippen LogP contribution in [0.25, 0.3) is 60.6 Å². The Morgan fingerprint density at radius 3 is 1.61 bits per heavy atom. The van der Waals surface area contributed by atoms with E-state index in [1.807, 2.05) is 13.3 Å². The summed E-state index contributed by atoms with van der Waals surface area (Å²) < 4.78 is 13.6. The van der Waals surface area contributed by atoms with Crippen molar-refractivity contribution >= 4 is 50.8 Å². The Labute approximate surface area is 224 Å². The van der Waals surface area contributed by atoms with Crippen molar-refractivity contribution in [2.24, 2.45) is 0 Å². The third-order valence-corrected chi connectivity index (χ3v) is 9.09. The van der Waals surface area contributed by atoms with Crippen molar-refractivity contribution in [3.63, 3.8) is 0 Å². The Balaban J connectivity index is 1.77. The molecule has 38 heavy (non-hydrogen) atoms. The van der Waals surface area contributed by atoms with Crippen LogP contribution in [0, 0.1) is 6.92 Å². The molecule has 0 atom stereocenters. The van der Waals surface area contributed by atoms with Crippen molar-refractivity contribution in [2.45, 2.75) is 13.8 Å². The molecule has 1 nitrogen and oxygen atoms in total. The van der Waals surface area contributed by atoms with Crippen molar-refractivity contribution in [1.82, 2.24) is 0 Å². The first-order chi connectivity index (χ1) is 18.3. The van der Waals surface area contributed by atoms with E-state index in [0.717, 1.165) is 16.4 Å². The van der Waals surface area contributed by atoms with E-state index < -0.39 is 7.14 Å². The summed E-state index contributed by atoms with van der Waals surface area (Å²) in [5, 5.41) is 8.16. The molecule has 0 aromatic heterocycles. The third-order valence-electron chi connectivity index (χ3n) is 7.58. The molecule has 6 aromatic rings. The van der Waals surface area contributed by atoms with Gasteiger partial charge < -0.3 is 4.57 Å². The van der Waals surface area contributed by atoms with Gasteiger partial charge in [-0.15, -0.1) is 0 Å². The smallest absolute Gasteiger partial charge is 0.109 e. The molecule has 0 N–H and O–H groups in total. The van der Waals surface area contributed by atoms with Crippen LogP contribution < -0.4 is 5.30 Å². The Bertz CT molecular complexity index is 1880. The van der Waals surface area contributed by atoms with E-state index in [4.69, 9.17) is 0 Å². The van der Waals surface area contributed by atoms with Gasteiger partial charge in [-0.05, 0) is 123 Å². The molecule has 0 fully saturated rings. The van der Waals surface area contributed by atoms with Gasteiger partial charge in [0, 0.05) is 5.30 Å². The largest absolute Gasteiger partial charge is 0.319 e. The maximum atomic E-state index is 13.6. The van der Waals surface area contributed by atoms with Crippen LogP contribution in [-0.2, 0) is 4.57 Å². The summed E-state index contributed by atoms with van der Waals surface area (Å²) in [6, 6.07) is 36.9. The summed E-state index contributed by atoms with van der Waals surface area (Å²) in [4.78, 5) is 0. The molecule has 0 saturated carbocycles. The second-order valence-electron chi connectivity index (χ2n) is 10.5. The predicted octanol–water partition coefficient (Wildman–Crippen LogP) is 10.1. The average molecular weight is 511 g/mol. The highest BCUT2D eigenvalue weighted by atomic mass is 31.2.